The van der Waals surface area contributed by atoms with Crippen LogP contribution in [0.25, 0.3) is 0 Å². The summed E-state index contributed by atoms with van der Waals surface area (Å²) in [6, 6.07) is 29.6. The topological polar surface area (TPSA) is 27.7 Å². The molecule has 0 aliphatic heterocycles. The molecule has 0 aliphatic rings. The Hall–Kier alpha value is -1.67. The Morgan fingerprint density at radius 3 is 1.82 bits per heavy atom. The monoisotopic (exact) mass is 574 g/mol. The van der Waals surface area contributed by atoms with Gasteiger partial charge in [0.1, 0.15) is 5.75 Å². The molecule has 3 aromatic rings. The molecule has 1 atom stereocenters. The van der Waals surface area contributed by atoms with Crippen molar-refractivity contribution in [3.8, 4) is 5.75 Å². The minimum Gasteiger partial charge on any atom is -0.497 e. The Morgan fingerprint density at radius 1 is 0.818 bits per heavy atom. The molecule has 3 nitrogen and oxygen atoms in total. The first-order valence-electron chi connectivity index (χ1n) is 11.5. The van der Waals surface area contributed by atoms with Gasteiger partial charge in [0, 0.05) is 4.43 Å². The molecule has 0 bridgehead atoms. The predicted octanol–water partition coefficient (Wildman–Crippen LogP) is 5.98. The van der Waals surface area contributed by atoms with E-state index in [1.165, 1.54) is 10.4 Å². The Kier molecular flexibility index (Phi) is 9.55. The van der Waals surface area contributed by atoms with E-state index in [0.29, 0.717) is 13.2 Å². The lowest BCUT2D eigenvalue weighted by molar-refractivity contribution is 0.00615. The number of alkyl halides is 1. The fraction of sp³-hybridized carbons (Fsp3) is 0.357. The van der Waals surface area contributed by atoms with Crippen LogP contribution < -0.4 is 15.1 Å². The van der Waals surface area contributed by atoms with E-state index in [-0.39, 0.29) is 11.1 Å². The fourth-order valence-electron chi connectivity index (χ4n) is 4.25. The van der Waals surface area contributed by atoms with E-state index in [1.807, 2.05) is 12.1 Å². The van der Waals surface area contributed by atoms with Crippen molar-refractivity contribution in [1.82, 2.24) is 0 Å². The standard InChI is InChI=1S/C28H35IO3Si/c1-28(2,3)33(26-11-7-5-8-12-26,27-13-9-6-10-14-27)32-22-25(19-20-29)31-21-23-15-17-24(30-4)18-16-23/h5-18,25H,19-22H2,1-4H3/t25-/m0/s1. The molecule has 0 aliphatic carbocycles. The molecule has 176 valence electrons. The van der Waals surface area contributed by atoms with Gasteiger partial charge in [-0.3, -0.25) is 0 Å². The van der Waals surface area contributed by atoms with E-state index >= 15 is 0 Å². The lowest BCUT2D eigenvalue weighted by atomic mass is 10.2. The third-order valence-corrected chi connectivity index (χ3v) is 11.6. The first-order valence-corrected chi connectivity index (χ1v) is 14.9. The van der Waals surface area contributed by atoms with Crippen molar-refractivity contribution in [2.45, 2.75) is 44.9 Å². The smallest absolute Gasteiger partial charge is 0.261 e. The van der Waals surface area contributed by atoms with E-state index in [1.54, 1.807) is 7.11 Å². The van der Waals surface area contributed by atoms with Gasteiger partial charge in [0.2, 0.25) is 0 Å². The maximum Gasteiger partial charge on any atom is 0.261 e. The number of hydrogen-bond donors (Lipinski definition) is 0. The summed E-state index contributed by atoms with van der Waals surface area (Å²) in [5, 5.41) is 2.56. The Labute approximate surface area is 213 Å². The molecule has 0 unspecified atom stereocenters. The Morgan fingerprint density at radius 2 is 1.36 bits per heavy atom. The van der Waals surface area contributed by atoms with Crippen molar-refractivity contribution < 1.29 is 13.9 Å². The second-order valence-electron chi connectivity index (χ2n) is 9.23. The van der Waals surface area contributed by atoms with Gasteiger partial charge in [-0.2, -0.15) is 0 Å². The number of rotatable bonds is 11. The van der Waals surface area contributed by atoms with Gasteiger partial charge in [0.05, 0.1) is 26.4 Å². The molecule has 0 heterocycles. The van der Waals surface area contributed by atoms with Crippen LogP contribution in [-0.4, -0.2) is 32.6 Å². The molecule has 5 heteroatoms. The normalized spacial score (nSPS) is 13.0. The quantitative estimate of drug-likeness (QED) is 0.160. The summed E-state index contributed by atoms with van der Waals surface area (Å²) in [6.45, 7) is 8.07. The minimum absolute atomic E-state index is 0.0330. The zero-order valence-electron chi connectivity index (χ0n) is 20.1. The number of hydrogen-bond acceptors (Lipinski definition) is 3. The molecule has 33 heavy (non-hydrogen) atoms. The van der Waals surface area contributed by atoms with Crippen LogP contribution in [0.15, 0.2) is 84.9 Å². The van der Waals surface area contributed by atoms with E-state index in [9.17, 15) is 0 Å². The summed E-state index contributed by atoms with van der Waals surface area (Å²) < 4.78 is 19.8. The largest absolute Gasteiger partial charge is 0.497 e. The lowest BCUT2D eigenvalue weighted by Crippen LogP contribution is -2.67. The molecule has 3 rings (SSSR count). The number of ether oxygens (including phenoxy) is 2. The van der Waals surface area contributed by atoms with E-state index in [0.717, 1.165) is 22.2 Å². The summed E-state index contributed by atoms with van der Waals surface area (Å²) in [4.78, 5) is 0. The van der Waals surface area contributed by atoms with Crippen molar-refractivity contribution in [1.29, 1.82) is 0 Å². The zero-order valence-corrected chi connectivity index (χ0v) is 23.2. The molecule has 0 amide bonds. The third kappa shape index (κ3) is 6.47. The molecule has 0 fully saturated rings. The first kappa shape index (κ1) is 25.9. The highest BCUT2D eigenvalue weighted by atomic mass is 127. The highest BCUT2D eigenvalue weighted by Gasteiger charge is 2.50. The molecular weight excluding hydrogens is 539 g/mol. The summed E-state index contributed by atoms with van der Waals surface area (Å²) in [5.74, 6) is 0.859. The van der Waals surface area contributed by atoms with Crippen molar-refractivity contribution in [2.24, 2.45) is 0 Å². The second-order valence-corrected chi connectivity index (χ2v) is 14.6. The number of methoxy groups -OCH3 is 1. The van der Waals surface area contributed by atoms with E-state index in [2.05, 4.69) is 116 Å². The maximum absolute atomic E-state index is 7.10. The van der Waals surface area contributed by atoms with E-state index < -0.39 is 8.32 Å². The van der Waals surface area contributed by atoms with E-state index in [4.69, 9.17) is 13.9 Å². The molecule has 0 radical (unpaired) electrons. The fourth-order valence-corrected chi connectivity index (χ4v) is 9.54. The third-order valence-electron chi connectivity index (χ3n) is 5.98. The molecule has 3 aromatic carbocycles. The summed E-state index contributed by atoms with van der Waals surface area (Å²) in [7, 11) is -0.876. The molecular formula is C28H35IO3Si. The molecule has 0 saturated heterocycles. The van der Waals surface area contributed by atoms with Crippen LogP contribution >= 0.6 is 22.6 Å². The first-order chi connectivity index (χ1) is 15.9. The van der Waals surface area contributed by atoms with Gasteiger partial charge in [0.15, 0.2) is 0 Å². The van der Waals surface area contributed by atoms with Crippen molar-refractivity contribution in [2.75, 3.05) is 18.1 Å². The van der Waals surface area contributed by atoms with Gasteiger partial charge in [-0.05, 0) is 39.5 Å². The van der Waals surface area contributed by atoms with Crippen LogP contribution in [0.4, 0.5) is 0 Å². The molecule has 0 saturated carbocycles. The summed E-state index contributed by atoms with van der Waals surface area (Å²) in [5.41, 5.74) is 1.14. The van der Waals surface area contributed by atoms with Gasteiger partial charge in [-0.25, -0.2) is 0 Å². The van der Waals surface area contributed by atoms with Crippen LogP contribution in [0, 0.1) is 0 Å². The van der Waals surface area contributed by atoms with Crippen LogP contribution in [-0.2, 0) is 15.8 Å². The SMILES string of the molecule is COc1ccc(CO[C@@H](CCI)CO[Si](c2ccccc2)(c2ccccc2)C(C)(C)C)cc1. The Bertz CT molecular complexity index is 916. The highest BCUT2D eigenvalue weighted by Crippen LogP contribution is 2.37. The second kappa shape index (κ2) is 12.2. The van der Waals surface area contributed by atoms with Gasteiger partial charge in [0.25, 0.3) is 8.32 Å². The van der Waals surface area contributed by atoms with Crippen LogP contribution in [0.5, 0.6) is 5.75 Å². The summed E-state index contributed by atoms with van der Waals surface area (Å²) in [6.07, 6.45) is 0.986. The molecule has 0 aromatic heterocycles. The molecule has 0 spiro atoms. The Balaban J connectivity index is 1.86. The zero-order chi connectivity index (χ0) is 23.7. The average molecular weight is 575 g/mol. The van der Waals surface area contributed by atoms with Crippen molar-refractivity contribution in [3.05, 3.63) is 90.5 Å². The van der Waals surface area contributed by atoms with Crippen molar-refractivity contribution >= 4 is 41.3 Å². The average Bonchev–Trinajstić information content (AvgIpc) is 2.83. The van der Waals surface area contributed by atoms with Gasteiger partial charge < -0.3 is 13.9 Å². The highest BCUT2D eigenvalue weighted by molar-refractivity contribution is 14.1. The van der Waals surface area contributed by atoms with Crippen LogP contribution in [0.1, 0.15) is 32.8 Å². The lowest BCUT2D eigenvalue weighted by Gasteiger charge is -2.43. The number of halogens is 1. The number of benzene rings is 3. The maximum atomic E-state index is 7.10. The van der Waals surface area contributed by atoms with Gasteiger partial charge in [-0.15, -0.1) is 0 Å². The van der Waals surface area contributed by atoms with Crippen LogP contribution in [0.3, 0.4) is 0 Å². The predicted molar refractivity (Wildman–Crippen MR) is 149 cm³/mol. The van der Waals surface area contributed by atoms with Crippen molar-refractivity contribution in [3.63, 3.8) is 0 Å². The molecule has 0 N–H and O–H groups in total. The minimum atomic E-state index is -2.56. The van der Waals surface area contributed by atoms with Crippen LogP contribution in [0.2, 0.25) is 5.04 Å². The van der Waals surface area contributed by atoms with Gasteiger partial charge in [-0.1, -0.05) is 116 Å². The van der Waals surface area contributed by atoms with Gasteiger partial charge >= 0.3 is 0 Å². The summed E-state index contributed by atoms with van der Waals surface area (Å²) >= 11 is 2.43.